The minimum absolute atomic E-state index is 0.689. The first-order valence-corrected chi connectivity index (χ1v) is 6.71. The van der Waals surface area contributed by atoms with Gasteiger partial charge in [-0.2, -0.15) is 0 Å². The zero-order valence-corrected chi connectivity index (χ0v) is 11.3. The van der Waals surface area contributed by atoms with Crippen LogP contribution in [-0.4, -0.2) is 16.6 Å². The van der Waals surface area contributed by atoms with E-state index in [-0.39, 0.29) is 0 Å². The van der Waals surface area contributed by atoms with Crippen LogP contribution in [0.2, 0.25) is 0 Å². The predicted octanol–water partition coefficient (Wildman–Crippen LogP) is 4.13. The summed E-state index contributed by atoms with van der Waals surface area (Å²) in [7, 11) is 0. The van der Waals surface area contributed by atoms with Gasteiger partial charge < -0.3 is 9.72 Å². The number of hydrogen-bond donors (Lipinski definition) is 1. The zero-order chi connectivity index (χ0) is 13.8. The highest BCUT2D eigenvalue weighted by atomic mass is 16.5. The second-order valence-corrected chi connectivity index (χ2v) is 4.47. The fraction of sp³-hybridized carbons (Fsp3) is 0.118. The van der Waals surface area contributed by atoms with Crippen molar-refractivity contribution in [2.75, 3.05) is 6.61 Å². The van der Waals surface area contributed by atoms with E-state index in [1.165, 1.54) is 0 Å². The summed E-state index contributed by atoms with van der Waals surface area (Å²) in [4.78, 5) is 7.78. The number of imidazole rings is 1. The minimum Gasteiger partial charge on any atom is -0.494 e. The average Bonchev–Trinajstić information content (AvgIpc) is 2.90. The summed E-state index contributed by atoms with van der Waals surface area (Å²) in [6.45, 7) is 2.67. The summed E-state index contributed by atoms with van der Waals surface area (Å²) in [6.07, 6.45) is 4.02. The molecule has 0 bridgehead atoms. The van der Waals surface area contributed by atoms with E-state index in [2.05, 4.69) is 9.97 Å². The standard InChI is InChI=1S/C17H16N2O/c1-2-20-14-10-7-13(8-11-14)9-12-17-18-15-5-3-4-6-16(15)19-17/h3-12H,2H2,1H3,(H,18,19). The molecule has 0 aliphatic rings. The van der Waals surface area contributed by atoms with E-state index in [1.54, 1.807) is 0 Å². The number of fused-ring (bicyclic) bond motifs is 1. The van der Waals surface area contributed by atoms with Gasteiger partial charge in [0.1, 0.15) is 11.6 Å². The lowest BCUT2D eigenvalue weighted by atomic mass is 10.2. The van der Waals surface area contributed by atoms with Gasteiger partial charge in [-0.05, 0) is 42.8 Å². The van der Waals surface area contributed by atoms with Crippen LogP contribution in [0.25, 0.3) is 23.2 Å². The highest BCUT2D eigenvalue weighted by molar-refractivity contribution is 5.78. The van der Waals surface area contributed by atoms with E-state index in [4.69, 9.17) is 4.74 Å². The van der Waals surface area contributed by atoms with Crippen molar-refractivity contribution < 1.29 is 4.74 Å². The zero-order valence-electron chi connectivity index (χ0n) is 11.3. The van der Waals surface area contributed by atoms with E-state index < -0.39 is 0 Å². The maximum absolute atomic E-state index is 5.42. The lowest BCUT2D eigenvalue weighted by Gasteiger charge is -2.01. The summed E-state index contributed by atoms with van der Waals surface area (Å²) in [5.74, 6) is 1.76. The Morgan fingerprint density at radius 2 is 1.85 bits per heavy atom. The molecular weight excluding hydrogens is 248 g/mol. The first-order chi connectivity index (χ1) is 9.85. The van der Waals surface area contributed by atoms with Crippen molar-refractivity contribution in [1.29, 1.82) is 0 Å². The number of ether oxygens (including phenoxy) is 1. The first-order valence-electron chi connectivity index (χ1n) is 6.71. The quantitative estimate of drug-likeness (QED) is 0.769. The van der Waals surface area contributed by atoms with Gasteiger partial charge in [-0.15, -0.1) is 0 Å². The molecule has 0 aliphatic heterocycles. The fourth-order valence-electron chi connectivity index (χ4n) is 2.07. The van der Waals surface area contributed by atoms with E-state index in [0.717, 1.165) is 28.2 Å². The van der Waals surface area contributed by atoms with Crippen LogP contribution in [-0.2, 0) is 0 Å². The summed E-state index contributed by atoms with van der Waals surface area (Å²) in [5.41, 5.74) is 3.16. The largest absolute Gasteiger partial charge is 0.494 e. The van der Waals surface area contributed by atoms with Crippen molar-refractivity contribution in [2.24, 2.45) is 0 Å². The third-order valence-corrected chi connectivity index (χ3v) is 3.03. The van der Waals surface area contributed by atoms with E-state index in [0.29, 0.717) is 6.61 Å². The molecule has 2 aromatic carbocycles. The molecular formula is C17H16N2O. The van der Waals surface area contributed by atoms with Crippen LogP contribution in [0, 0.1) is 0 Å². The summed E-state index contributed by atoms with van der Waals surface area (Å²) in [6, 6.07) is 16.0. The van der Waals surface area contributed by atoms with Crippen molar-refractivity contribution in [3.8, 4) is 5.75 Å². The lowest BCUT2D eigenvalue weighted by molar-refractivity contribution is 0.340. The topological polar surface area (TPSA) is 37.9 Å². The molecule has 20 heavy (non-hydrogen) atoms. The van der Waals surface area contributed by atoms with E-state index in [1.807, 2.05) is 67.6 Å². The van der Waals surface area contributed by atoms with Gasteiger partial charge in [0.05, 0.1) is 17.6 Å². The molecule has 0 saturated carbocycles. The number of nitrogens with zero attached hydrogens (tertiary/aromatic N) is 1. The predicted molar refractivity (Wildman–Crippen MR) is 82.6 cm³/mol. The van der Waals surface area contributed by atoms with Crippen LogP contribution in [0.1, 0.15) is 18.3 Å². The third kappa shape index (κ3) is 2.72. The molecule has 1 N–H and O–H groups in total. The SMILES string of the molecule is CCOc1ccc(C=Cc2nc3ccccc3[nH]2)cc1. The molecule has 3 aromatic rings. The maximum atomic E-state index is 5.42. The van der Waals surface area contributed by atoms with Crippen LogP contribution in [0.4, 0.5) is 0 Å². The summed E-state index contributed by atoms with van der Waals surface area (Å²) in [5, 5.41) is 0. The van der Waals surface area contributed by atoms with Gasteiger partial charge >= 0.3 is 0 Å². The molecule has 0 radical (unpaired) electrons. The number of aromatic nitrogens is 2. The van der Waals surface area contributed by atoms with Crippen LogP contribution >= 0.6 is 0 Å². The van der Waals surface area contributed by atoms with Gasteiger partial charge in [-0.3, -0.25) is 0 Å². The van der Waals surface area contributed by atoms with Gasteiger partial charge in [0.2, 0.25) is 0 Å². The summed E-state index contributed by atoms with van der Waals surface area (Å²) < 4.78 is 5.42. The third-order valence-electron chi connectivity index (χ3n) is 3.03. The Hall–Kier alpha value is -2.55. The molecule has 3 nitrogen and oxygen atoms in total. The van der Waals surface area contributed by atoms with Crippen LogP contribution in [0.3, 0.4) is 0 Å². The average molecular weight is 264 g/mol. The van der Waals surface area contributed by atoms with Gasteiger partial charge in [0.25, 0.3) is 0 Å². The Labute approximate surface area is 117 Å². The number of benzene rings is 2. The van der Waals surface area contributed by atoms with Gasteiger partial charge in [0, 0.05) is 0 Å². The molecule has 3 heteroatoms. The van der Waals surface area contributed by atoms with Crippen molar-refractivity contribution in [1.82, 2.24) is 9.97 Å². The van der Waals surface area contributed by atoms with Crippen molar-refractivity contribution >= 4 is 23.2 Å². The number of nitrogens with one attached hydrogen (secondary N) is 1. The summed E-state index contributed by atoms with van der Waals surface area (Å²) >= 11 is 0. The second kappa shape index (κ2) is 5.61. The number of para-hydroxylation sites is 2. The smallest absolute Gasteiger partial charge is 0.131 e. The van der Waals surface area contributed by atoms with Crippen LogP contribution in [0.5, 0.6) is 5.75 Å². The lowest BCUT2D eigenvalue weighted by Crippen LogP contribution is -1.90. The Balaban J connectivity index is 1.79. The molecule has 3 rings (SSSR count). The van der Waals surface area contributed by atoms with Gasteiger partial charge in [-0.1, -0.05) is 30.3 Å². The maximum Gasteiger partial charge on any atom is 0.131 e. The molecule has 0 fully saturated rings. The van der Waals surface area contributed by atoms with Gasteiger partial charge in [0.15, 0.2) is 0 Å². The molecule has 0 saturated heterocycles. The molecule has 0 atom stereocenters. The minimum atomic E-state index is 0.689. The second-order valence-electron chi connectivity index (χ2n) is 4.47. The first kappa shape index (κ1) is 12.5. The Morgan fingerprint density at radius 3 is 2.60 bits per heavy atom. The number of aromatic amines is 1. The molecule has 1 aromatic heterocycles. The highest BCUT2D eigenvalue weighted by Crippen LogP contribution is 2.15. The fourth-order valence-corrected chi connectivity index (χ4v) is 2.07. The molecule has 100 valence electrons. The highest BCUT2D eigenvalue weighted by Gasteiger charge is 1.98. The number of rotatable bonds is 4. The Kier molecular flexibility index (Phi) is 3.50. The Bertz CT molecular complexity index is 693. The van der Waals surface area contributed by atoms with Crippen LogP contribution < -0.4 is 4.74 Å². The van der Waals surface area contributed by atoms with E-state index in [9.17, 15) is 0 Å². The van der Waals surface area contributed by atoms with Gasteiger partial charge in [-0.25, -0.2) is 4.98 Å². The molecule has 0 aliphatic carbocycles. The molecule has 1 heterocycles. The normalized spacial score (nSPS) is 11.2. The molecule has 0 unspecified atom stereocenters. The van der Waals surface area contributed by atoms with Crippen molar-refractivity contribution in [3.63, 3.8) is 0 Å². The molecule has 0 spiro atoms. The molecule has 0 amide bonds. The number of H-pyrrole nitrogens is 1. The number of hydrogen-bond acceptors (Lipinski definition) is 2. The van der Waals surface area contributed by atoms with E-state index >= 15 is 0 Å². The van der Waals surface area contributed by atoms with Crippen molar-refractivity contribution in [2.45, 2.75) is 6.92 Å². The Morgan fingerprint density at radius 1 is 1.05 bits per heavy atom. The van der Waals surface area contributed by atoms with Crippen molar-refractivity contribution in [3.05, 3.63) is 59.9 Å². The van der Waals surface area contributed by atoms with Crippen LogP contribution in [0.15, 0.2) is 48.5 Å². The monoisotopic (exact) mass is 264 g/mol.